The average Bonchev–Trinajstić information content (AvgIpc) is 2.62. The summed E-state index contributed by atoms with van der Waals surface area (Å²) in [4.78, 5) is 8.12. The Morgan fingerprint density at radius 3 is 1.71 bits per heavy atom. The molecule has 148 valence electrons. The van der Waals surface area contributed by atoms with Gasteiger partial charge in [0, 0.05) is 27.6 Å². The number of phenols is 2. The van der Waals surface area contributed by atoms with E-state index in [1.807, 2.05) is 6.07 Å². The van der Waals surface area contributed by atoms with E-state index < -0.39 is 0 Å². The lowest BCUT2D eigenvalue weighted by Gasteiger charge is -2.01. The van der Waals surface area contributed by atoms with E-state index in [-0.39, 0.29) is 31.4 Å². The molecular formula is C20H18BrCl3N2O2. The van der Waals surface area contributed by atoms with Gasteiger partial charge in [-0.3, -0.25) is 9.97 Å². The molecule has 4 nitrogen and oxygen atoms in total. The van der Waals surface area contributed by atoms with Gasteiger partial charge in [-0.05, 0) is 52.3 Å². The second-order valence-corrected chi connectivity index (χ2v) is 7.36. The highest BCUT2D eigenvalue weighted by molar-refractivity contribution is 9.10. The van der Waals surface area contributed by atoms with Gasteiger partial charge >= 0.3 is 0 Å². The fourth-order valence-corrected chi connectivity index (χ4v) is 3.21. The number of fused-ring (bicyclic) bond motifs is 2. The first kappa shape index (κ1) is 24.2. The summed E-state index contributed by atoms with van der Waals surface area (Å²) in [7, 11) is 0. The quantitative estimate of drug-likeness (QED) is 0.256. The predicted molar refractivity (Wildman–Crippen MR) is 123 cm³/mol. The van der Waals surface area contributed by atoms with Crippen LogP contribution in [0.3, 0.4) is 0 Å². The summed E-state index contributed by atoms with van der Waals surface area (Å²) in [5.41, 5.74) is 1.18. The van der Waals surface area contributed by atoms with Crippen molar-refractivity contribution in [1.82, 2.24) is 9.97 Å². The van der Waals surface area contributed by atoms with Crippen molar-refractivity contribution < 1.29 is 10.2 Å². The van der Waals surface area contributed by atoms with Crippen molar-refractivity contribution in [2.24, 2.45) is 0 Å². The van der Waals surface area contributed by atoms with Crippen LogP contribution in [0.1, 0.15) is 14.9 Å². The van der Waals surface area contributed by atoms with Gasteiger partial charge in [0.2, 0.25) is 0 Å². The second kappa shape index (κ2) is 10.1. The number of hydrogen-bond donors (Lipinski definition) is 2. The van der Waals surface area contributed by atoms with Crippen LogP contribution in [0, 0.1) is 0 Å². The van der Waals surface area contributed by atoms with E-state index in [0.717, 1.165) is 15.2 Å². The van der Waals surface area contributed by atoms with Gasteiger partial charge in [0.05, 0.1) is 16.1 Å². The predicted octanol–water partition coefficient (Wildman–Crippen LogP) is 7.88. The smallest absolute Gasteiger partial charge is 0.136 e. The number of aromatic nitrogens is 2. The lowest BCUT2D eigenvalue weighted by Crippen LogP contribution is -1.80. The standard InChI is InChI=1S/C9H5BrClNO.C9H5Cl2NO.2CH4/c2*10-6-3-5-1-2-7(13)8(11)9(5)12-4-6;;/h2*1-4,13H;2*1H4. The summed E-state index contributed by atoms with van der Waals surface area (Å²) in [6.45, 7) is 0. The first-order valence-corrected chi connectivity index (χ1v) is 9.15. The second-order valence-electron chi connectivity index (χ2n) is 5.25. The average molecular weight is 505 g/mol. The minimum absolute atomic E-state index is 0. The van der Waals surface area contributed by atoms with Gasteiger partial charge in [0.15, 0.2) is 0 Å². The molecule has 0 saturated heterocycles. The fourth-order valence-electron chi connectivity index (χ4n) is 2.26. The molecule has 2 aromatic heterocycles. The topological polar surface area (TPSA) is 66.2 Å². The molecule has 8 heteroatoms. The van der Waals surface area contributed by atoms with Crippen molar-refractivity contribution in [3.63, 3.8) is 0 Å². The van der Waals surface area contributed by atoms with Crippen LogP contribution in [0.5, 0.6) is 11.5 Å². The molecule has 0 saturated carbocycles. The van der Waals surface area contributed by atoms with E-state index in [4.69, 9.17) is 34.8 Å². The van der Waals surface area contributed by atoms with E-state index in [2.05, 4.69) is 25.9 Å². The van der Waals surface area contributed by atoms with Gasteiger partial charge in [-0.2, -0.15) is 0 Å². The Kier molecular flexibility index (Phi) is 8.76. The maximum atomic E-state index is 9.30. The summed E-state index contributed by atoms with van der Waals surface area (Å²) in [5.74, 6) is 0.0907. The Bertz CT molecular complexity index is 1030. The summed E-state index contributed by atoms with van der Waals surface area (Å²) < 4.78 is 0.891. The molecule has 2 N–H and O–H groups in total. The Morgan fingerprint density at radius 1 is 0.714 bits per heavy atom. The number of pyridine rings is 2. The summed E-state index contributed by atoms with van der Waals surface area (Å²) in [6.07, 6.45) is 3.14. The Labute approximate surface area is 186 Å². The number of aromatic hydroxyl groups is 2. The van der Waals surface area contributed by atoms with Gasteiger partial charge < -0.3 is 10.2 Å². The SMILES string of the molecule is C.C.Oc1ccc2cc(Br)cnc2c1Cl.Oc1ccc2cc(Cl)cnc2c1Cl. The van der Waals surface area contributed by atoms with Crippen LogP contribution in [-0.4, -0.2) is 20.2 Å². The van der Waals surface area contributed by atoms with Crippen LogP contribution >= 0.6 is 50.7 Å². The maximum Gasteiger partial charge on any atom is 0.136 e. The molecule has 0 aliphatic carbocycles. The van der Waals surface area contributed by atoms with Crippen molar-refractivity contribution in [2.75, 3.05) is 0 Å². The first-order valence-electron chi connectivity index (χ1n) is 7.22. The summed E-state index contributed by atoms with van der Waals surface area (Å²) in [5, 5.41) is 21.4. The van der Waals surface area contributed by atoms with Gasteiger partial charge in [-0.15, -0.1) is 0 Å². The van der Waals surface area contributed by atoms with Crippen molar-refractivity contribution in [3.05, 3.63) is 68.3 Å². The Hall–Kier alpha value is -1.79. The van der Waals surface area contributed by atoms with E-state index in [1.165, 1.54) is 12.3 Å². The van der Waals surface area contributed by atoms with Gasteiger partial charge in [-0.25, -0.2) is 0 Å². The van der Waals surface area contributed by atoms with Gasteiger partial charge in [0.1, 0.15) is 21.5 Å². The molecule has 2 aromatic carbocycles. The molecule has 0 aliphatic rings. The molecular weight excluding hydrogens is 486 g/mol. The van der Waals surface area contributed by atoms with Crippen molar-refractivity contribution in [3.8, 4) is 11.5 Å². The highest BCUT2D eigenvalue weighted by Gasteiger charge is 2.06. The van der Waals surface area contributed by atoms with Crippen LogP contribution < -0.4 is 0 Å². The highest BCUT2D eigenvalue weighted by Crippen LogP contribution is 2.32. The molecule has 0 radical (unpaired) electrons. The van der Waals surface area contributed by atoms with Crippen LogP contribution in [0.15, 0.2) is 53.3 Å². The Morgan fingerprint density at radius 2 is 1.18 bits per heavy atom. The van der Waals surface area contributed by atoms with E-state index in [9.17, 15) is 10.2 Å². The molecule has 0 aliphatic heterocycles. The lowest BCUT2D eigenvalue weighted by molar-refractivity contribution is 0.476. The van der Waals surface area contributed by atoms with Crippen molar-refractivity contribution in [1.29, 1.82) is 0 Å². The monoisotopic (exact) mass is 502 g/mol. The third kappa shape index (κ3) is 5.17. The third-order valence-corrected chi connectivity index (χ3v) is 4.86. The number of nitrogens with zero attached hydrogens (tertiary/aromatic N) is 2. The summed E-state index contributed by atoms with van der Waals surface area (Å²) >= 11 is 20.7. The zero-order valence-electron chi connectivity index (χ0n) is 12.9. The highest BCUT2D eigenvalue weighted by atomic mass is 79.9. The normalized spacial score (nSPS) is 9.86. The molecule has 0 amide bonds. The minimum atomic E-state index is 0. The molecule has 0 unspecified atom stereocenters. The first-order chi connectivity index (χ1) is 12.4. The van der Waals surface area contributed by atoms with E-state index in [1.54, 1.807) is 30.5 Å². The number of rotatable bonds is 0. The van der Waals surface area contributed by atoms with Crippen molar-refractivity contribution >= 4 is 72.5 Å². The molecule has 0 bridgehead atoms. The maximum absolute atomic E-state index is 9.30. The molecule has 2 heterocycles. The van der Waals surface area contributed by atoms with Crippen LogP contribution in [-0.2, 0) is 0 Å². The van der Waals surface area contributed by atoms with Crippen LogP contribution in [0.25, 0.3) is 21.8 Å². The zero-order chi connectivity index (χ0) is 18.8. The number of hydrogen-bond acceptors (Lipinski definition) is 4. The molecule has 0 spiro atoms. The Balaban J connectivity index is 0.000000261. The summed E-state index contributed by atoms with van der Waals surface area (Å²) in [6, 6.07) is 10.2. The molecule has 0 atom stereocenters. The number of benzene rings is 2. The molecule has 0 fully saturated rings. The lowest BCUT2D eigenvalue weighted by atomic mass is 10.2. The third-order valence-electron chi connectivity index (χ3n) is 3.47. The van der Waals surface area contributed by atoms with Gasteiger partial charge in [0.25, 0.3) is 0 Å². The van der Waals surface area contributed by atoms with Crippen LogP contribution in [0.2, 0.25) is 15.1 Å². The number of halogens is 4. The van der Waals surface area contributed by atoms with E-state index in [0.29, 0.717) is 21.1 Å². The fraction of sp³-hybridized carbons (Fsp3) is 0.100. The number of phenolic OH excluding ortho intramolecular Hbond substituents is 2. The minimum Gasteiger partial charge on any atom is -0.506 e. The van der Waals surface area contributed by atoms with Crippen molar-refractivity contribution in [2.45, 2.75) is 14.9 Å². The molecule has 28 heavy (non-hydrogen) atoms. The molecule has 4 rings (SSSR count). The molecule has 4 aromatic rings. The zero-order valence-corrected chi connectivity index (χ0v) is 16.8. The largest absolute Gasteiger partial charge is 0.506 e. The van der Waals surface area contributed by atoms with E-state index >= 15 is 0 Å². The van der Waals surface area contributed by atoms with Gasteiger partial charge in [-0.1, -0.05) is 49.7 Å². The van der Waals surface area contributed by atoms with Crippen LogP contribution in [0.4, 0.5) is 0 Å².